The highest BCUT2D eigenvalue weighted by molar-refractivity contribution is 6.07. The summed E-state index contributed by atoms with van der Waals surface area (Å²) in [6.45, 7) is 0. The molecule has 0 saturated heterocycles. The Balaban J connectivity index is 2.18. The molecule has 0 aliphatic carbocycles. The summed E-state index contributed by atoms with van der Waals surface area (Å²) in [5.74, 6) is -0.0942. The van der Waals surface area contributed by atoms with Gasteiger partial charge in [-0.05, 0) is 30.3 Å². The van der Waals surface area contributed by atoms with Crippen molar-refractivity contribution >= 4 is 22.5 Å². The third-order valence-corrected chi connectivity index (χ3v) is 3.48. The van der Waals surface area contributed by atoms with Gasteiger partial charge >= 0.3 is 0 Å². The van der Waals surface area contributed by atoms with E-state index in [4.69, 9.17) is 10.3 Å². The van der Waals surface area contributed by atoms with Crippen LogP contribution in [0.3, 0.4) is 0 Å². The summed E-state index contributed by atoms with van der Waals surface area (Å²) in [5, 5.41) is 14.1. The average molecular weight is 295 g/mol. The monoisotopic (exact) mass is 295 g/mol. The first kappa shape index (κ1) is 13.8. The van der Waals surface area contributed by atoms with E-state index in [1.165, 1.54) is 0 Å². The minimum atomic E-state index is -0.397. The predicted octanol–water partition coefficient (Wildman–Crippen LogP) is 3.71. The zero-order valence-electron chi connectivity index (χ0n) is 11.8. The topological polar surface area (TPSA) is 87.7 Å². The summed E-state index contributed by atoms with van der Waals surface area (Å²) < 4.78 is 6.22. The van der Waals surface area contributed by atoms with Crippen molar-refractivity contribution in [3.8, 4) is 11.6 Å². The van der Waals surface area contributed by atoms with Crippen LogP contribution >= 0.6 is 0 Å². The first-order valence-electron chi connectivity index (χ1n) is 6.56. The highest BCUT2D eigenvalue weighted by Gasteiger charge is 2.21. The molecule has 110 valence electrons. The van der Waals surface area contributed by atoms with Crippen LogP contribution in [0, 0.1) is 5.53 Å². The first-order chi connectivity index (χ1) is 10.7. The smallest absolute Gasteiger partial charge is 0.265 e. The Bertz CT molecular complexity index is 866. The number of benzene rings is 2. The fourth-order valence-corrected chi connectivity index (χ4v) is 2.39. The van der Waals surface area contributed by atoms with Crippen LogP contribution < -0.4 is 4.74 Å². The fourth-order valence-electron chi connectivity index (χ4n) is 2.39. The summed E-state index contributed by atoms with van der Waals surface area (Å²) >= 11 is 0. The molecule has 1 aromatic heterocycles. The van der Waals surface area contributed by atoms with Gasteiger partial charge in [0.15, 0.2) is 5.69 Å². The molecule has 0 radical (unpaired) electrons. The Hall–Kier alpha value is -3.15. The van der Waals surface area contributed by atoms with E-state index >= 15 is 0 Å². The zero-order valence-corrected chi connectivity index (χ0v) is 11.8. The van der Waals surface area contributed by atoms with Gasteiger partial charge in [0.1, 0.15) is 5.75 Å². The number of aromatic nitrogens is 1. The van der Waals surface area contributed by atoms with Crippen molar-refractivity contribution in [1.82, 2.24) is 4.57 Å². The lowest BCUT2D eigenvalue weighted by atomic mass is 10.2. The van der Waals surface area contributed by atoms with Crippen molar-refractivity contribution in [2.45, 2.75) is 0 Å². The fraction of sp³-hybridized carbons (Fsp3) is 0.0625. The number of nitrogens with zero attached hydrogens (tertiary/aromatic N) is 2. The third kappa shape index (κ3) is 2.01. The molecule has 2 aromatic carbocycles. The molecule has 0 saturated carbocycles. The Morgan fingerprint density at radius 2 is 1.86 bits per heavy atom. The van der Waals surface area contributed by atoms with Crippen LogP contribution in [0.5, 0.6) is 11.6 Å². The highest BCUT2D eigenvalue weighted by Crippen LogP contribution is 2.38. The first-order valence-corrected chi connectivity index (χ1v) is 6.56. The Morgan fingerprint density at radius 1 is 1.18 bits per heavy atom. The average Bonchev–Trinajstić information content (AvgIpc) is 2.85. The number of aromatic hydroxyl groups is 1. The number of nitrogens with one attached hydrogen (secondary N) is 1. The van der Waals surface area contributed by atoms with Crippen molar-refractivity contribution < 1.29 is 14.6 Å². The van der Waals surface area contributed by atoms with Gasteiger partial charge in [0, 0.05) is 10.9 Å². The highest BCUT2D eigenvalue weighted by atomic mass is 16.5. The van der Waals surface area contributed by atoms with Crippen LogP contribution in [0.1, 0.15) is 10.4 Å². The molecule has 0 aliphatic heterocycles. The van der Waals surface area contributed by atoms with E-state index < -0.39 is 5.91 Å². The number of para-hydroxylation sites is 1. The number of hydrogen-bond acceptors (Lipinski definition) is 5. The number of rotatable bonds is 3. The molecule has 0 spiro atoms. The van der Waals surface area contributed by atoms with Crippen LogP contribution in [-0.2, 0) is 0 Å². The maximum Gasteiger partial charge on any atom is 0.265 e. The molecule has 0 fully saturated rings. The minimum absolute atomic E-state index is 0.0810. The van der Waals surface area contributed by atoms with Crippen LogP contribution in [0.2, 0.25) is 0 Å². The van der Waals surface area contributed by atoms with Crippen molar-refractivity contribution in [3.05, 3.63) is 54.1 Å². The van der Waals surface area contributed by atoms with Gasteiger partial charge in [0.25, 0.3) is 5.91 Å². The van der Waals surface area contributed by atoms with Crippen molar-refractivity contribution in [2.75, 3.05) is 7.11 Å². The molecule has 6 nitrogen and oxygen atoms in total. The summed E-state index contributed by atoms with van der Waals surface area (Å²) in [5.41, 5.74) is 8.19. The van der Waals surface area contributed by atoms with E-state index in [-0.39, 0.29) is 11.6 Å². The van der Waals surface area contributed by atoms with Gasteiger partial charge < -0.3 is 9.84 Å². The van der Waals surface area contributed by atoms with Gasteiger partial charge in [-0.2, -0.15) is 5.11 Å². The Labute approximate surface area is 126 Å². The van der Waals surface area contributed by atoms with Crippen LogP contribution in [0.4, 0.5) is 5.69 Å². The molecule has 3 aromatic rings. The lowest BCUT2D eigenvalue weighted by Crippen LogP contribution is -2.11. The van der Waals surface area contributed by atoms with Gasteiger partial charge in [-0.3, -0.25) is 4.79 Å². The molecule has 0 amide bonds. The Morgan fingerprint density at radius 3 is 2.50 bits per heavy atom. The number of ether oxygens (including phenoxy) is 1. The van der Waals surface area contributed by atoms with Crippen LogP contribution in [0.15, 0.2) is 53.6 Å². The number of fused-ring (bicyclic) bond motifs is 1. The van der Waals surface area contributed by atoms with E-state index in [2.05, 4.69) is 5.11 Å². The molecule has 0 unspecified atom stereocenters. The summed E-state index contributed by atoms with van der Waals surface area (Å²) in [4.78, 5) is 12.7. The maximum atomic E-state index is 12.7. The molecular formula is C16H13N3O3. The summed E-state index contributed by atoms with van der Waals surface area (Å²) in [6.07, 6.45) is 0. The summed E-state index contributed by atoms with van der Waals surface area (Å²) in [7, 11) is 1.55. The SMILES string of the molecule is COc1ccc(C(=O)n2c(O)c(N=N)c3ccccc32)cc1. The van der Waals surface area contributed by atoms with Crippen LogP contribution in [-0.4, -0.2) is 22.7 Å². The van der Waals surface area contributed by atoms with Crippen molar-refractivity contribution in [2.24, 2.45) is 5.11 Å². The number of carbonyl (C=O) groups is 1. The maximum absolute atomic E-state index is 12.7. The molecule has 0 bridgehead atoms. The zero-order chi connectivity index (χ0) is 15.7. The van der Waals surface area contributed by atoms with E-state index in [9.17, 15) is 9.90 Å². The van der Waals surface area contributed by atoms with E-state index in [0.717, 1.165) is 4.57 Å². The predicted molar refractivity (Wildman–Crippen MR) is 81.1 cm³/mol. The molecule has 0 atom stereocenters. The van der Waals surface area contributed by atoms with Gasteiger partial charge in [-0.25, -0.2) is 10.1 Å². The minimum Gasteiger partial charge on any atom is -0.497 e. The van der Waals surface area contributed by atoms with Gasteiger partial charge in [-0.15, -0.1) is 0 Å². The molecule has 1 heterocycles. The standard InChI is InChI=1S/C16H13N3O3/c1-22-11-8-6-10(7-9-11)15(20)19-13-5-3-2-4-12(13)14(18-17)16(19)21/h2-9,17,21H,1H3. The largest absolute Gasteiger partial charge is 0.497 e. The Kier molecular flexibility index (Phi) is 3.34. The van der Waals surface area contributed by atoms with Crippen molar-refractivity contribution in [1.29, 1.82) is 5.53 Å². The van der Waals surface area contributed by atoms with Crippen molar-refractivity contribution in [3.63, 3.8) is 0 Å². The second-order valence-corrected chi connectivity index (χ2v) is 4.67. The molecule has 0 aliphatic rings. The molecule has 6 heteroatoms. The number of hydrogen-bond donors (Lipinski definition) is 2. The van der Waals surface area contributed by atoms with Gasteiger partial charge in [0.05, 0.1) is 12.6 Å². The summed E-state index contributed by atoms with van der Waals surface area (Å²) in [6, 6.07) is 13.5. The van der Waals surface area contributed by atoms with E-state index in [1.54, 1.807) is 55.6 Å². The van der Waals surface area contributed by atoms with E-state index in [0.29, 0.717) is 22.2 Å². The van der Waals surface area contributed by atoms with Crippen LogP contribution in [0.25, 0.3) is 10.9 Å². The lowest BCUT2D eigenvalue weighted by molar-refractivity contribution is 0.0957. The van der Waals surface area contributed by atoms with Gasteiger partial charge in [0.2, 0.25) is 5.88 Å². The van der Waals surface area contributed by atoms with Gasteiger partial charge in [-0.1, -0.05) is 18.2 Å². The second-order valence-electron chi connectivity index (χ2n) is 4.67. The number of methoxy groups -OCH3 is 1. The molecular weight excluding hydrogens is 282 g/mol. The normalized spacial score (nSPS) is 10.6. The molecule has 2 N–H and O–H groups in total. The quantitative estimate of drug-likeness (QED) is 0.722. The second kappa shape index (κ2) is 5.33. The lowest BCUT2D eigenvalue weighted by Gasteiger charge is -2.06. The third-order valence-electron chi connectivity index (χ3n) is 3.48. The molecule has 3 rings (SSSR count). The molecule has 22 heavy (non-hydrogen) atoms. The number of carbonyl (C=O) groups excluding carboxylic acids is 1. The van der Waals surface area contributed by atoms with E-state index in [1.807, 2.05) is 0 Å².